The highest BCUT2D eigenvalue weighted by atomic mass is 16.5. The zero-order chi connectivity index (χ0) is 6.85. The van der Waals surface area contributed by atoms with Crippen LogP contribution in [0.4, 0.5) is 0 Å². The molecule has 3 nitrogen and oxygen atoms in total. The summed E-state index contributed by atoms with van der Waals surface area (Å²) in [5.74, 6) is 0. The molecule has 0 N–H and O–H groups in total. The molecule has 0 spiro atoms. The molecule has 3 heteroatoms. The molecule has 0 bridgehead atoms. The van der Waals surface area contributed by atoms with E-state index in [0.717, 1.165) is 10.8 Å². The van der Waals surface area contributed by atoms with Crippen molar-refractivity contribution < 1.29 is 0 Å². The first kappa shape index (κ1) is 6.29. The van der Waals surface area contributed by atoms with E-state index in [2.05, 4.69) is 4.99 Å². The van der Waals surface area contributed by atoms with Crippen LogP contribution in [0.15, 0.2) is 16.9 Å². The summed E-state index contributed by atoms with van der Waals surface area (Å²) < 4.78 is 0. The Bertz CT molecular complexity index is 162. The van der Waals surface area contributed by atoms with Gasteiger partial charge in [0.05, 0.1) is 11.7 Å². The molecule has 0 aromatic heterocycles. The van der Waals surface area contributed by atoms with Crippen molar-refractivity contribution in [3.8, 4) is 0 Å². The highest BCUT2D eigenvalue weighted by Gasteiger charge is 2.01. The Morgan fingerprint density at radius 2 is 2.44 bits per heavy atom. The van der Waals surface area contributed by atoms with Gasteiger partial charge in [0.1, 0.15) is 0 Å². The third-order valence-corrected chi connectivity index (χ3v) is 1.21. The third-order valence-electron chi connectivity index (χ3n) is 1.21. The first-order valence-electron chi connectivity index (χ1n) is 2.88. The standard InChI is InChI=1S/C6H9N2O/c1-5-4-8(9)6(2)3-7-5/h3-4,6H,1-2H3/q-1. The molecule has 0 amide bonds. The van der Waals surface area contributed by atoms with Crippen molar-refractivity contribution in [2.24, 2.45) is 4.99 Å². The third kappa shape index (κ3) is 1.29. The normalized spacial score (nSPS) is 26.3. The maximum atomic E-state index is 10.8. The average Bonchev–Trinajstić information content (AvgIpc) is 1.80. The summed E-state index contributed by atoms with van der Waals surface area (Å²) in [6.45, 7) is 3.60. The lowest BCUT2D eigenvalue weighted by Gasteiger charge is -2.33. The number of allylic oxidation sites excluding steroid dienone is 1. The quantitative estimate of drug-likeness (QED) is 0.486. The smallest absolute Gasteiger partial charge is 0.0520 e. The molecule has 0 aromatic rings. The highest BCUT2D eigenvalue weighted by molar-refractivity contribution is 5.66. The van der Waals surface area contributed by atoms with Gasteiger partial charge in [0, 0.05) is 12.4 Å². The Labute approximate surface area is 54.3 Å². The minimum Gasteiger partial charge on any atom is -0.758 e. The molecule has 9 heavy (non-hydrogen) atoms. The SMILES string of the molecule is CC1=CN([O-])C(C)C=N1. The van der Waals surface area contributed by atoms with Crippen LogP contribution < -0.4 is 0 Å². The predicted octanol–water partition coefficient (Wildman–Crippen LogP) is 1.12. The van der Waals surface area contributed by atoms with Crippen LogP contribution >= 0.6 is 0 Å². The predicted molar refractivity (Wildman–Crippen MR) is 36.9 cm³/mol. The number of nitrogens with zero attached hydrogens (tertiary/aromatic N) is 2. The van der Waals surface area contributed by atoms with Gasteiger partial charge >= 0.3 is 0 Å². The second kappa shape index (κ2) is 2.19. The van der Waals surface area contributed by atoms with E-state index in [9.17, 15) is 5.21 Å². The van der Waals surface area contributed by atoms with Gasteiger partial charge in [-0.15, -0.1) is 0 Å². The molecule has 1 heterocycles. The number of aliphatic imine (C=N–C) groups is 1. The van der Waals surface area contributed by atoms with Crippen molar-refractivity contribution in [1.82, 2.24) is 5.06 Å². The number of hydrogen-bond acceptors (Lipinski definition) is 3. The van der Waals surface area contributed by atoms with Gasteiger partial charge in [-0.2, -0.15) is 0 Å². The molecule has 0 saturated carbocycles. The summed E-state index contributed by atoms with van der Waals surface area (Å²) in [7, 11) is 0. The van der Waals surface area contributed by atoms with Gasteiger partial charge < -0.3 is 10.3 Å². The van der Waals surface area contributed by atoms with Gasteiger partial charge in [-0.3, -0.25) is 4.99 Å². The fourth-order valence-corrected chi connectivity index (χ4v) is 0.626. The average molecular weight is 125 g/mol. The topological polar surface area (TPSA) is 38.7 Å². The summed E-state index contributed by atoms with van der Waals surface area (Å²) >= 11 is 0. The lowest BCUT2D eigenvalue weighted by atomic mass is 10.3. The van der Waals surface area contributed by atoms with Gasteiger partial charge in [-0.05, 0) is 13.8 Å². The van der Waals surface area contributed by atoms with Gasteiger partial charge in [0.15, 0.2) is 0 Å². The van der Waals surface area contributed by atoms with Crippen LogP contribution in [0, 0.1) is 5.21 Å². The van der Waals surface area contributed by atoms with E-state index in [1.54, 1.807) is 20.1 Å². The molecule has 1 atom stereocenters. The summed E-state index contributed by atoms with van der Waals surface area (Å²) in [6.07, 6.45) is 3.13. The second-order valence-electron chi connectivity index (χ2n) is 2.15. The molecule has 50 valence electrons. The Hall–Kier alpha value is -0.830. The summed E-state index contributed by atoms with van der Waals surface area (Å²) in [5, 5.41) is 11.6. The Kier molecular flexibility index (Phi) is 1.53. The van der Waals surface area contributed by atoms with Crippen LogP contribution in [-0.2, 0) is 0 Å². The van der Waals surface area contributed by atoms with Gasteiger partial charge in [0.2, 0.25) is 0 Å². The second-order valence-corrected chi connectivity index (χ2v) is 2.15. The van der Waals surface area contributed by atoms with Gasteiger partial charge in [-0.25, -0.2) is 0 Å². The monoisotopic (exact) mass is 125 g/mol. The minimum absolute atomic E-state index is 0.103. The zero-order valence-corrected chi connectivity index (χ0v) is 5.53. The van der Waals surface area contributed by atoms with E-state index >= 15 is 0 Å². The number of rotatable bonds is 0. The molecule has 0 fully saturated rings. The van der Waals surface area contributed by atoms with E-state index in [1.807, 2.05) is 0 Å². The lowest BCUT2D eigenvalue weighted by molar-refractivity contribution is 0.470. The van der Waals surface area contributed by atoms with Crippen molar-refractivity contribution in [3.05, 3.63) is 17.1 Å². The molecule has 0 aliphatic carbocycles. The molecular weight excluding hydrogens is 116 g/mol. The number of hydrogen-bond donors (Lipinski definition) is 0. The van der Waals surface area contributed by atoms with E-state index in [4.69, 9.17) is 0 Å². The minimum atomic E-state index is -0.103. The van der Waals surface area contributed by atoms with Crippen LogP contribution in [0.1, 0.15) is 13.8 Å². The molecule has 1 aliphatic heterocycles. The van der Waals surface area contributed by atoms with Crippen molar-refractivity contribution in [1.29, 1.82) is 0 Å². The lowest BCUT2D eigenvalue weighted by Crippen LogP contribution is -2.26. The molecule has 0 radical (unpaired) electrons. The maximum absolute atomic E-state index is 10.8. The fraction of sp³-hybridized carbons (Fsp3) is 0.500. The van der Waals surface area contributed by atoms with Gasteiger partial charge in [0.25, 0.3) is 0 Å². The molecule has 1 unspecified atom stereocenters. The zero-order valence-electron chi connectivity index (χ0n) is 5.53. The van der Waals surface area contributed by atoms with E-state index in [-0.39, 0.29) is 6.04 Å². The molecule has 1 rings (SSSR count). The summed E-state index contributed by atoms with van der Waals surface area (Å²) in [6, 6.07) is -0.103. The van der Waals surface area contributed by atoms with Crippen molar-refractivity contribution in [2.75, 3.05) is 0 Å². The first-order chi connectivity index (χ1) is 4.20. The summed E-state index contributed by atoms with van der Waals surface area (Å²) in [5.41, 5.74) is 0.767. The van der Waals surface area contributed by atoms with Crippen molar-refractivity contribution in [2.45, 2.75) is 19.9 Å². The van der Waals surface area contributed by atoms with Crippen LogP contribution in [0.3, 0.4) is 0 Å². The van der Waals surface area contributed by atoms with Crippen LogP contribution in [0.5, 0.6) is 0 Å². The van der Waals surface area contributed by atoms with Crippen LogP contribution in [-0.4, -0.2) is 17.3 Å². The Morgan fingerprint density at radius 1 is 1.78 bits per heavy atom. The largest absolute Gasteiger partial charge is 0.758 e. The number of hydroxylamine groups is 2. The van der Waals surface area contributed by atoms with E-state index < -0.39 is 0 Å². The van der Waals surface area contributed by atoms with Crippen molar-refractivity contribution in [3.63, 3.8) is 0 Å². The Balaban J connectivity index is 2.70. The molecule has 0 saturated heterocycles. The molecule has 0 aromatic carbocycles. The van der Waals surface area contributed by atoms with Crippen molar-refractivity contribution >= 4 is 6.21 Å². The Morgan fingerprint density at radius 3 is 2.89 bits per heavy atom. The van der Waals surface area contributed by atoms with Gasteiger partial charge in [-0.1, -0.05) is 0 Å². The van der Waals surface area contributed by atoms with E-state index in [0.29, 0.717) is 0 Å². The fourth-order valence-electron chi connectivity index (χ4n) is 0.626. The van der Waals surface area contributed by atoms with Crippen LogP contribution in [0.25, 0.3) is 0 Å². The molecule has 1 aliphatic rings. The van der Waals surface area contributed by atoms with Crippen LogP contribution in [0.2, 0.25) is 0 Å². The maximum Gasteiger partial charge on any atom is 0.0520 e. The van der Waals surface area contributed by atoms with E-state index in [1.165, 1.54) is 6.20 Å². The summed E-state index contributed by atoms with van der Waals surface area (Å²) in [4.78, 5) is 3.96. The highest BCUT2D eigenvalue weighted by Crippen LogP contribution is 2.06. The molecular formula is C6H9N2O-. The first-order valence-corrected chi connectivity index (χ1v) is 2.88.